The van der Waals surface area contributed by atoms with Gasteiger partial charge in [0.05, 0.1) is 24.9 Å². The average Bonchev–Trinajstić information content (AvgIpc) is 1.50. The third-order valence-electron chi connectivity index (χ3n) is 16.8. The Morgan fingerprint density at radius 1 is 0.708 bits per heavy atom. The first-order valence-corrected chi connectivity index (χ1v) is 37.0. The van der Waals surface area contributed by atoms with E-state index in [9.17, 15) is 69.3 Å². The number of guanidine groups is 1. The zero-order chi connectivity index (χ0) is 78.0. The Bertz CT molecular complexity index is 3630. The molecule has 9 amide bonds. The second-order valence-corrected chi connectivity index (χ2v) is 27.3. The molecular formula is C72H103F3N16O14S. The SMILES string of the molecule is CC(=O)N(CCCCN)CC(=O)N1CCC[C@H]1C(=O)N[C@@H](CCCCNC(=N)N)C(=O)NCC(=O)N[C@@H](CCc1ccccc1)C(=O)N[C@@H](CC(C)C)C(=O)Nc1ccc(CCCCCCCCCCC(=O)NCCNC(=O)c2ccc(N/N=C/c3ccccc3S(=O)(=O)O)nc2)cc1.O=C(O)C(F)(F)F. The summed E-state index contributed by atoms with van der Waals surface area (Å²) in [4.78, 5) is 136. The lowest BCUT2D eigenvalue weighted by Crippen LogP contribution is -2.56. The van der Waals surface area contributed by atoms with Crippen LogP contribution in [0.3, 0.4) is 0 Å². The topological polar surface area (TPSA) is 461 Å². The number of pyridine rings is 1. The van der Waals surface area contributed by atoms with Crippen molar-refractivity contribution in [3.05, 3.63) is 119 Å². The van der Waals surface area contributed by atoms with Crippen molar-refractivity contribution in [2.45, 2.75) is 184 Å². The molecule has 3 aromatic carbocycles. The number of nitrogens with two attached hydrogens (primary N) is 2. The fourth-order valence-corrected chi connectivity index (χ4v) is 11.8. The van der Waals surface area contributed by atoms with Gasteiger partial charge in [0.2, 0.25) is 47.3 Å². The van der Waals surface area contributed by atoms with Crippen LogP contribution in [0, 0.1) is 11.3 Å². The van der Waals surface area contributed by atoms with Crippen molar-refractivity contribution in [3.8, 4) is 0 Å². The van der Waals surface area contributed by atoms with E-state index in [4.69, 9.17) is 26.8 Å². The third-order valence-corrected chi connectivity index (χ3v) is 17.7. The highest BCUT2D eigenvalue weighted by Gasteiger charge is 2.39. The van der Waals surface area contributed by atoms with Gasteiger partial charge in [-0.25, -0.2) is 9.78 Å². The molecule has 1 aliphatic heterocycles. The van der Waals surface area contributed by atoms with Gasteiger partial charge in [-0.3, -0.25) is 58.5 Å². The first-order valence-electron chi connectivity index (χ1n) is 35.6. The van der Waals surface area contributed by atoms with E-state index in [2.05, 4.69) is 58.0 Å². The Morgan fingerprint density at radius 2 is 1.35 bits per heavy atom. The second kappa shape index (κ2) is 47.4. The van der Waals surface area contributed by atoms with Gasteiger partial charge in [-0.2, -0.15) is 26.7 Å². The standard InChI is InChI=1S/C70H102N16O12S.C2HF3O2/c1-49(2)44-58(68(94)80-55-34-30-52(31-35-55)24-11-8-6-4-5-7-9-14-29-62(88)74-40-41-75-65(91)54-33-37-61(77-45-54)84-79-46-53-25-15-16-28-60(53)99(96,97)98)83-67(93)57(36-32-51-22-12-10-13-23-51)81-63(89)47-78-66(92)56(26-17-19-39-76-70(72)73)82-69(95)59-27-21-43-86(59)64(90)48-85(50(3)87)42-20-18-38-71;3-2(4,5)1(6)7/h10,12-13,15-16,22-23,25,28,30-31,33-35,37,45-46,49,56-59H,4-9,11,14,17-21,24,26-27,29,32,36,38-44,47-48,71H2,1-3H3,(H,74,88)(H,75,91)(H,77,84)(H,78,92)(H,80,94)(H,81,89)(H,82,95)(H,83,93)(H4,72,73,76)(H,96,97,98);(H,6,7)/b79-46+;/t56-,57-,58-,59-;/m0./s1. The highest BCUT2D eigenvalue weighted by Crippen LogP contribution is 2.21. The van der Waals surface area contributed by atoms with Gasteiger partial charge >= 0.3 is 12.1 Å². The number of anilines is 2. The number of carbonyl (C=O) groups is 10. The number of halogens is 3. The molecule has 0 bridgehead atoms. The molecule has 5 rings (SSSR count). The molecular weight excluding hydrogens is 1400 g/mol. The van der Waals surface area contributed by atoms with Gasteiger partial charge in [-0.15, -0.1) is 0 Å². The van der Waals surface area contributed by atoms with Crippen molar-refractivity contribution in [1.29, 1.82) is 5.41 Å². The summed E-state index contributed by atoms with van der Waals surface area (Å²) in [7, 11) is -4.43. The number of likely N-dealkylation sites (tertiary alicyclic amines) is 1. The largest absolute Gasteiger partial charge is 0.490 e. The molecule has 0 spiro atoms. The van der Waals surface area contributed by atoms with Gasteiger partial charge < -0.3 is 68.9 Å². The lowest BCUT2D eigenvalue weighted by atomic mass is 10.0. The number of rotatable bonds is 45. The van der Waals surface area contributed by atoms with Gasteiger partial charge in [0, 0.05) is 63.5 Å². The highest BCUT2D eigenvalue weighted by atomic mass is 32.2. The van der Waals surface area contributed by atoms with Crippen molar-refractivity contribution in [3.63, 3.8) is 0 Å². The van der Waals surface area contributed by atoms with E-state index in [0.717, 1.165) is 68.9 Å². The summed E-state index contributed by atoms with van der Waals surface area (Å²) >= 11 is 0. The maximum Gasteiger partial charge on any atom is 0.490 e. The average molecular weight is 1510 g/mol. The molecule has 106 heavy (non-hydrogen) atoms. The van der Waals surface area contributed by atoms with Crippen LogP contribution in [0.2, 0.25) is 0 Å². The molecule has 1 aromatic heterocycles. The minimum absolute atomic E-state index is 0.00221. The van der Waals surface area contributed by atoms with Crippen molar-refractivity contribution >= 4 is 92.9 Å². The molecule has 2 heterocycles. The molecule has 4 aromatic rings. The van der Waals surface area contributed by atoms with Crippen LogP contribution in [0.5, 0.6) is 0 Å². The number of carboxylic acid groups (broad SMARTS) is 1. The number of hydrogen-bond donors (Lipinski definition) is 14. The molecule has 1 saturated heterocycles. The van der Waals surface area contributed by atoms with Crippen LogP contribution in [0.4, 0.5) is 24.7 Å². The van der Waals surface area contributed by atoms with Crippen LogP contribution < -0.4 is 59.4 Å². The first kappa shape index (κ1) is 88.3. The molecule has 0 unspecified atom stereocenters. The van der Waals surface area contributed by atoms with E-state index < -0.39 is 88.4 Å². The quantitative estimate of drug-likeness (QED) is 0.00862. The van der Waals surface area contributed by atoms with Crippen molar-refractivity contribution in [1.82, 2.24) is 52.0 Å². The fraction of sp³-hybridized carbons (Fsp3) is 0.514. The Balaban J connectivity index is 0.00000322. The summed E-state index contributed by atoms with van der Waals surface area (Å²) in [6.07, 6.45) is 10.8. The zero-order valence-electron chi connectivity index (χ0n) is 60.3. The summed E-state index contributed by atoms with van der Waals surface area (Å²) in [5.74, 6) is -6.72. The normalized spacial score (nSPS) is 13.6. The van der Waals surface area contributed by atoms with E-state index in [0.29, 0.717) is 101 Å². The van der Waals surface area contributed by atoms with Crippen LogP contribution in [0.1, 0.15) is 163 Å². The zero-order valence-corrected chi connectivity index (χ0v) is 61.1. The molecule has 34 heteroatoms. The van der Waals surface area contributed by atoms with Gasteiger partial charge in [-0.1, -0.05) is 113 Å². The van der Waals surface area contributed by atoms with E-state index in [1.54, 1.807) is 6.07 Å². The monoisotopic (exact) mass is 1500 g/mol. The number of hydrazone groups is 1. The van der Waals surface area contributed by atoms with Crippen molar-refractivity contribution < 1.29 is 79.2 Å². The molecule has 1 aliphatic rings. The van der Waals surface area contributed by atoms with Gasteiger partial charge in [-0.05, 0) is 137 Å². The van der Waals surface area contributed by atoms with E-state index in [1.165, 1.54) is 59.5 Å². The number of aromatic nitrogens is 1. The van der Waals surface area contributed by atoms with E-state index >= 15 is 0 Å². The van der Waals surface area contributed by atoms with Gasteiger partial charge in [0.15, 0.2) is 5.96 Å². The van der Waals surface area contributed by atoms with Crippen LogP contribution in [-0.4, -0.2) is 187 Å². The Labute approximate surface area is 616 Å². The maximum atomic E-state index is 14.3. The second-order valence-electron chi connectivity index (χ2n) is 25.9. The molecule has 1 fully saturated rings. The van der Waals surface area contributed by atoms with Gasteiger partial charge in [0.1, 0.15) is 34.9 Å². The van der Waals surface area contributed by atoms with Crippen LogP contribution in [0.25, 0.3) is 0 Å². The molecule has 16 N–H and O–H groups in total. The summed E-state index contributed by atoms with van der Waals surface area (Å²) in [5.41, 5.74) is 16.8. The fourth-order valence-electron chi connectivity index (χ4n) is 11.2. The maximum absolute atomic E-state index is 14.3. The van der Waals surface area contributed by atoms with E-state index in [-0.39, 0.29) is 72.5 Å². The number of aryl methyl sites for hydroxylation is 2. The van der Waals surface area contributed by atoms with Crippen molar-refractivity contribution in [2.24, 2.45) is 22.5 Å². The van der Waals surface area contributed by atoms with Crippen LogP contribution in [-0.2, 0) is 66.1 Å². The Hall–Kier alpha value is -10.1. The van der Waals surface area contributed by atoms with Crippen LogP contribution in [0.15, 0.2) is 107 Å². The number of alkyl halides is 3. The summed E-state index contributed by atoms with van der Waals surface area (Å²) in [5, 5.41) is 40.9. The van der Waals surface area contributed by atoms with E-state index in [1.807, 2.05) is 68.4 Å². The molecule has 0 radical (unpaired) electrons. The summed E-state index contributed by atoms with van der Waals surface area (Å²) in [6.45, 7) is 6.41. The number of nitrogens with one attached hydrogen (secondary N) is 10. The summed E-state index contributed by atoms with van der Waals surface area (Å²) < 4.78 is 64.3. The summed E-state index contributed by atoms with van der Waals surface area (Å²) in [6, 6.07) is 21.8. The Morgan fingerprint density at radius 3 is 1.98 bits per heavy atom. The number of benzene rings is 3. The number of aliphatic carboxylic acids is 1. The van der Waals surface area contributed by atoms with Crippen molar-refractivity contribution in [2.75, 3.05) is 63.1 Å². The molecule has 582 valence electrons. The number of carboxylic acids is 1. The lowest BCUT2D eigenvalue weighted by molar-refractivity contribution is -0.192. The molecule has 30 nitrogen and oxygen atoms in total. The predicted octanol–water partition coefficient (Wildman–Crippen LogP) is 5.43. The molecule has 4 atom stereocenters. The minimum atomic E-state index is -5.08. The number of carbonyl (C=O) groups excluding carboxylic acids is 9. The third kappa shape index (κ3) is 35.1. The Kier molecular flexibility index (Phi) is 39.5. The number of nitrogens with zero attached hydrogens (tertiary/aromatic N) is 4. The first-order chi connectivity index (χ1) is 50.4. The lowest BCUT2D eigenvalue weighted by Gasteiger charge is -2.29. The molecule has 0 aliphatic carbocycles. The van der Waals surface area contributed by atoms with Crippen LogP contribution >= 0.6 is 0 Å². The minimum Gasteiger partial charge on any atom is -0.475 e. The molecule has 0 saturated carbocycles. The number of hydrogen-bond acceptors (Lipinski definition) is 17. The number of amides is 9. The highest BCUT2D eigenvalue weighted by molar-refractivity contribution is 7.86. The predicted molar refractivity (Wildman–Crippen MR) is 393 cm³/mol. The smallest absolute Gasteiger partial charge is 0.475 e. The number of unbranched alkanes of at least 4 members (excludes halogenated alkanes) is 9. The van der Waals surface area contributed by atoms with Gasteiger partial charge in [0.25, 0.3) is 16.0 Å².